The molecule has 1 N–H and O–H groups in total. The highest BCUT2D eigenvalue weighted by Gasteiger charge is 2.27. The van der Waals surface area contributed by atoms with E-state index in [2.05, 4.69) is 29.4 Å². The Morgan fingerprint density at radius 3 is 2.67 bits per heavy atom. The molecule has 1 heterocycles. The molecule has 0 amide bonds. The first-order chi connectivity index (χ1) is 7.42. The summed E-state index contributed by atoms with van der Waals surface area (Å²) in [6.45, 7) is 3.33. The van der Waals surface area contributed by atoms with Gasteiger partial charge in [-0.15, -0.1) is 0 Å². The van der Waals surface area contributed by atoms with Crippen LogP contribution in [0.3, 0.4) is 0 Å². The molecule has 2 heteroatoms. The Morgan fingerprint density at radius 2 is 2.13 bits per heavy atom. The van der Waals surface area contributed by atoms with Gasteiger partial charge < -0.3 is 5.32 Å². The van der Waals surface area contributed by atoms with Gasteiger partial charge in [-0.25, -0.2) is 0 Å². The number of rotatable bonds is 5. The highest BCUT2D eigenvalue weighted by Crippen LogP contribution is 2.37. The van der Waals surface area contributed by atoms with Crippen LogP contribution in [0.25, 0.3) is 0 Å². The lowest BCUT2D eigenvalue weighted by atomic mass is 9.77. The monoisotopic (exact) mass is 204 g/mol. The van der Waals surface area contributed by atoms with E-state index in [0.717, 1.165) is 12.5 Å². The minimum Gasteiger partial charge on any atom is -0.310 e. The molecule has 0 aromatic carbocycles. The van der Waals surface area contributed by atoms with Gasteiger partial charge in [0.05, 0.1) is 0 Å². The Labute approximate surface area is 92.1 Å². The van der Waals surface area contributed by atoms with Crippen molar-refractivity contribution in [3.63, 3.8) is 0 Å². The van der Waals surface area contributed by atoms with Crippen molar-refractivity contribution in [3.05, 3.63) is 30.1 Å². The van der Waals surface area contributed by atoms with Crippen molar-refractivity contribution < 1.29 is 0 Å². The van der Waals surface area contributed by atoms with Crippen molar-refractivity contribution in [1.82, 2.24) is 10.3 Å². The summed E-state index contributed by atoms with van der Waals surface area (Å²) < 4.78 is 0. The van der Waals surface area contributed by atoms with Crippen LogP contribution >= 0.6 is 0 Å². The first-order valence-corrected chi connectivity index (χ1v) is 6.05. The number of hydrogen-bond acceptors (Lipinski definition) is 2. The molecular formula is C13H20N2. The van der Waals surface area contributed by atoms with E-state index in [-0.39, 0.29) is 0 Å². The molecule has 82 valence electrons. The second-order valence-corrected chi connectivity index (χ2v) is 4.40. The molecule has 1 aromatic heterocycles. The van der Waals surface area contributed by atoms with Crippen LogP contribution in [0.4, 0.5) is 0 Å². The van der Waals surface area contributed by atoms with Crippen LogP contribution in [-0.2, 0) is 0 Å². The summed E-state index contributed by atoms with van der Waals surface area (Å²) in [5, 5.41) is 3.66. The molecule has 0 aliphatic heterocycles. The van der Waals surface area contributed by atoms with Crippen molar-refractivity contribution in [2.45, 2.75) is 38.6 Å². The van der Waals surface area contributed by atoms with E-state index in [9.17, 15) is 0 Å². The average molecular weight is 204 g/mol. The summed E-state index contributed by atoms with van der Waals surface area (Å²) >= 11 is 0. The lowest BCUT2D eigenvalue weighted by Gasteiger charge is -2.34. The van der Waals surface area contributed by atoms with Crippen LogP contribution in [0.1, 0.15) is 44.2 Å². The van der Waals surface area contributed by atoms with Crippen LogP contribution < -0.4 is 5.32 Å². The molecule has 1 fully saturated rings. The van der Waals surface area contributed by atoms with Gasteiger partial charge in [-0.3, -0.25) is 4.98 Å². The van der Waals surface area contributed by atoms with Crippen LogP contribution in [0.15, 0.2) is 24.5 Å². The normalized spacial score (nSPS) is 18.5. The molecule has 1 saturated carbocycles. The van der Waals surface area contributed by atoms with Gasteiger partial charge in [0, 0.05) is 18.4 Å². The molecule has 15 heavy (non-hydrogen) atoms. The maximum Gasteiger partial charge on any atom is 0.0349 e. The van der Waals surface area contributed by atoms with Gasteiger partial charge in [-0.1, -0.05) is 13.3 Å². The predicted octanol–water partition coefficient (Wildman–Crippen LogP) is 2.92. The SMILES string of the molecule is CCCNC(c1ccncc1)C1CCC1. The summed E-state index contributed by atoms with van der Waals surface area (Å²) in [6, 6.07) is 4.85. The summed E-state index contributed by atoms with van der Waals surface area (Å²) in [6.07, 6.45) is 9.16. The third-order valence-corrected chi connectivity index (χ3v) is 3.30. The lowest BCUT2D eigenvalue weighted by Crippen LogP contribution is -2.32. The maximum atomic E-state index is 4.08. The largest absolute Gasteiger partial charge is 0.310 e. The molecule has 2 rings (SSSR count). The fourth-order valence-corrected chi connectivity index (χ4v) is 2.20. The van der Waals surface area contributed by atoms with Crippen LogP contribution in [0.2, 0.25) is 0 Å². The average Bonchev–Trinajstić information content (AvgIpc) is 2.22. The van der Waals surface area contributed by atoms with Crippen molar-refractivity contribution in [1.29, 1.82) is 0 Å². The first-order valence-electron chi connectivity index (χ1n) is 6.05. The van der Waals surface area contributed by atoms with Crippen molar-refractivity contribution in [2.75, 3.05) is 6.54 Å². The van der Waals surface area contributed by atoms with Gasteiger partial charge in [0.15, 0.2) is 0 Å². The Kier molecular flexibility index (Phi) is 3.73. The number of hydrogen-bond donors (Lipinski definition) is 1. The zero-order valence-corrected chi connectivity index (χ0v) is 9.45. The van der Waals surface area contributed by atoms with Crippen LogP contribution in [-0.4, -0.2) is 11.5 Å². The zero-order valence-electron chi connectivity index (χ0n) is 9.45. The topological polar surface area (TPSA) is 24.9 Å². The highest BCUT2D eigenvalue weighted by atomic mass is 14.9. The molecule has 1 aliphatic rings. The molecule has 0 radical (unpaired) electrons. The summed E-state index contributed by atoms with van der Waals surface area (Å²) in [4.78, 5) is 4.08. The first kappa shape index (κ1) is 10.6. The second-order valence-electron chi connectivity index (χ2n) is 4.40. The Balaban J connectivity index is 2.04. The van der Waals surface area contributed by atoms with Crippen molar-refractivity contribution in [3.8, 4) is 0 Å². The predicted molar refractivity (Wildman–Crippen MR) is 62.6 cm³/mol. The van der Waals surface area contributed by atoms with Gasteiger partial charge in [0.25, 0.3) is 0 Å². The molecule has 0 bridgehead atoms. The number of nitrogens with one attached hydrogen (secondary N) is 1. The molecular weight excluding hydrogens is 184 g/mol. The van der Waals surface area contributed by atoms with Gasteiger partial charge in [-0.05, 0) is 49.4 Å². The minimum absolute atomic E-state index is 0.557. The van der Waals surface area contributed by atoms with Crippen LogP contribution in [0.5, 0.6) is 0 Å². The smallest absolute Gasteiger partial charge is 0.0349 e. The fraction of sp³-hybridized carbons (Fsp3) is 0.615. The van der Waals surface area contributed by atoms with E-state index in [1.54, 1.807) is 0 Å². The molecule has 2 nitrogen and oxygen atoms in total. The standard InChI is InChI=1S/C13H20N2/c1-2-8-15-13(11-4-3-5-11)12-6-9-14-10-7-12/h6-7,9-11,13,15H,2-5,8H2,1H3. The van der Waals surface area contributed by atoms with E-state index in [4.69, 9.17) is 0 Å². The van der Waals surface area contributed by atoms with Gasteiger partial charge in [0.1, 0.15) is 0 Å². The Bertz CT molecular complexity index is 280. The Morgan fingerprint density at radius 1 is 1.40 bits per heavy atom. The van der Waals surface area contributed by atoms with E-state index >= 15 is 0 Å². The Hall–Kier alpha value is -0.890. The number of nitrogens with zero attached hydrogens (tertiary/aromatic N) is 1. The van der Waals surface area contributed by atoms with E-state index in [1.807, 2.05) is 12.4 Å². The summed E-state index contributed by atoms with van der Waals surface area (Å²) in [5.41, 5.74) is 1.41. The second kappa shape index (κ2) is 5.26. The summed E-state index contributed by atoms with van der Waals surface area (Å²) in [5.74, 6) is 0.846. The van der Waals surface area contributed by atoms with E-state index < -0.39 is 0 Å². The van der Waals surface area contributed by atoms with Gasteiger partial charge in [-0.2, -0.15) is 0 Å². The quantitative estimate of drug-likeness (QED) is 0.797. The van der Waals surface area contributed by atoms with E-state index in [0.29, 0.717) is 6.04 Å². The third-order valence-electron chi connectivity index (χ3n) is 3.30. The molecule has 0 saturated heterocycles. The van der Waals surface area contributed by atoms with Crippen molar-refractivity contribution >= 4 is 0 Å². The zero-order chi connectivity index (χ0) is 10.5. The van der Waals surface area contributed by atoms with Crippen LogP contribution in [0, 0.1) is 5.92 Å². The third kappa shape index (κ3) is 2.57. The number of aromatic nitrogens is 1. The minimum atomic E-state index is 0.557. The highest BCUT2D eigenvalue weighted by molar-refractivity contribution is 5.16. The lowest BCUT2D eigenvalue weighted by molar-refractivity contribution is 0.231. The van der Waals surface area contributed by atoms with E-state index in [1.165, 1.54) is 31.2 Å². The molecule has 0 spiro atoms. The van der Waals surface area contributed by atoms with Gasteiger partial charge >= 0.3 is 0 Å². The molecule has 1 unspecified atom stereocenters. The fourth-order valence-electron chi connectivity index (χ4n) is 2.20. The molecule has 1 aromatic rings. The van der Waals surface area contributed by atoms with Gasteiger partial charge in [0.2, 0.25) is 0 Å². The summed E-state index contributed by atoms with van der Waals surface area (Å²) in [7, 11) is 0. The molecule has 1 atom stereocenters. The number of pyridine rings is 1. The molecule has 1 aliphatic carbocycles. The maximum absolute atomic E-state index is 4.08. The van der Waals surface area contributed by atoms with Crippen molar-refractivity contribution in [2.24, 2.45) is 5.92 Å².